The summed E-state index contributed by atoms with van der Waals surface area (Å²) in [6, 6.07) is 16.3. The van der Waals surface area contributed by atoms with Crippen molar-refractivity contribution < 1.29 is 4.79 Å². The molecule has 4 aromatic rings. The van der Waals surface area contributed by atoms with Crippen LogP contribution in [0.25, 0.3) is 21.9 Å². The van der Waals surface area contributed by atoms with Gasteiger partial charge in [-0.15, -0.1) is 0 Å². The SMILES string of the molecule is CC(C)[C@H](NC(=O)c1cc(=O)[nH]c2ccccc12)c1nc2ccccc2n1C. The van der Waals surface area contributed by atoms with Crippen LogP contribution in [0.15, 0.2) is 59.4 Å². The average Bonchev–Trinajstić information content (AvgIpc) is 3.01. The van der Waals surface area contributed by atoms with Crippen LogP contribution in [0.5, 0.6) is 0 Å². The molecule has 1 amide bonds. The summed E-state index contributed by atoms with van der Waals surface area (Å²) in [5.74, 6) is 0.625. The molecule has 0 aliphatic rings. The van der Waals surface area contributed by atoms with Gasteiger partial charge < -0.3 is 14.9 Å². The average molecular weight is 374 g/mol. The number of aromatic amines is 1. The van der Waals surface area contributed by atoms with Crippen molar-refractivity contribution in [3.63, 3.8) is 0 Å². The van der Waals surface area contributed by atoms with Crippen LogP contribution >= 0.6 is 0 Å². The number of hydrogen-bond donors (Lipinski definition) is 2. The Morgan fingerprint density at radius 2 is 1.82 bits per heavy atom. The number of H-pyrrole nitrogens is 1. The number of benzene rings is 2. The number of carbonyl (C=O) groups is 1. The van der Waals surface area contributed by atoms with E-state index < -0.39 is 0 Å². The first kappa shape index (κ1) is 18.0. The number of carbonyl (C=O) groups excluding carboxylic acids is 1. The highest BCUT2D eigenvalue weighted by Crippen LogP contribution is 2.25. The fourth-order valence-electron chi connectivity index (χ4n) is 3.58. The summed E-state index contributed by atoms with van der Waals surface area (Å²) in [6.45, 7) is 4.08. The lowest BCUT2D eigenvalue weighted by Crippen LogP contribution is -2.34. The summed E-state index contributed by atoms with van der Waals surface area (Å²) < 4.78 is 2.01. The zero-order chi connectivity index (χ0) is 19.8. The topological polar surface area (TPSA) is 79.8 Å². The maximum absolute atomic E-state index is 13.1. The van der Waals surface area contributed by atoms with Crippen LogP contribution < -0.4 is 10.9 Å². The lowest BCUT2D eigenvalue weighted by Gasteiger charge is -2.22. The molecule has 6 heteroatoms. The van der Waals surface area contributed by atoms with E-state index in [1.54, 1.807) is 6.07 Å². The van der Waals surface area contributed by atoms with E-state index in [4.69, 9.17) is 4.98 Å². The fraction of sp³-hybridized carbons (Fsp3) is 0.227. The Hall–Kier alpha value is -3.41. The van der Waals surface area contributed by atoms with E-state index in [1.807, 2.05) is 67.9 Å². The number of fused-ring (bicyclic) bond motifs is 2. The van der Waals surface area contributed by atoms with Crippen LogP contribution in [-0.4, -0.2) is 20.4 Å². The Balaban J connectivity index is 1.76. The van der Waals surface area contributed by atoms with Crippen molar-refractivity contribution >= 4 is 27.8 Å². The third-order valence-electron chi connectivity index (χ3n) is 5.05. The predicted molar refractivity (Wildman–Crippen MR) is 110 cm³/mol. The molecule has 28 heavy (non-hydrogen) atoms. The first-order valence-electron chi connectivity index (χ1n) is 9.30. The number of para-hydroxylation sites is 3. The summed E-state index contributed by atoms with van der Waals surface area (Å²) in [4.78, 5) is 32.7. The molecular formula is C22H22N4O2. The minimum absolute atomic E-state index is 0.118. The van der Waals surface area contributed by atoms with Gasteiger partial charge >= 0.3 is 0 Å². The van der Waals surface area contributed by atoms with Gasteiger partial charge in [-0.1, -0.05) is 44.2 Å². The number of aromatic nitrogens is 3. The van der Waals surface area contributed by atoms with Crippen molar-refractivity contribution in [2.45, 2.75) is 19.9 Å². The summed E-state index contributed by atoms with van der Waals surface area (Å²) in [6.07, 6.45) is 0. The van der Waals surface area contributed by atoms with Gasteiger partial charge in [0.1, 0.15) is 5.82 Å². The van der Waals surface area contributed by atoms with Gasteiger partial charge in [-0.05, 0) is 24.1 Å². The van der Waals surface area contributed by atoms with Gasteiger partial charge in [-0.2, -0.15) is 0 Å². The number of nitrogens with one attached hydrogen (secondary N) is 2. The molecule has 0 aliphatic heterocycles. The maximum Gasteiger partial charge on any atom is 0.252 e. The molecule has 0 saturated carbocycles. The zero-order valence-electron chi connectivity index (χ0n) is 16.1. The Kier molecular flexibility index (Phi) is 4.47. The van der Waals surface area contributed by atoms with Crippen LogP contribution in [0.3, 0.4) is 0 Å². The van der Waals surface area contributed by atoms with Crippen molar-refractivity contribution in [2.24, 2.45) is 13.0 Å². The summed E-state index contributed by atoms with van der Waals surface area (Å²) >= 11 is 0. The molecule has 2 aromatic carbocycles. The Labute approximate surface area is 162 Å². The summed E-state index contributed by atoms with van der Waals surface area (Å²) in [5.41, 5.74) is 2.61. The number of rotatable bonds is 4. The molecule has 0 radical (unpaired) electrons. The summed E-state index contributed by atoms with van der Waals surface area (Å²) in [7, 11) is 1.95. The maximum atomic E-state index is 13.1. The van der Waals surface area contributed by atoms with Gasteiger partial charge in [0, 0.05) is 24.0 Å². The second kappa shape index (κ2) is 6.96. The molecule has 0 unspecified atom stereocenters. The van der Waals surface area contributed by atoms with Crippen molar-refractivity contribution in [1.82, 2.24) is 19.9 Å². The standard InChI is InChI=1S/C22H22N4O2/c1-13(2)20(21-24-17-10-6-7-11-18(17)26(21)3)25-22(28)15-12-19(27)23-16-9-5-4-8-14(15)16/h4-13,20H,1-3H3,(H,23,27)(H,25,28)/t20-/m0/s1. The number of aryl methyl sites for hydroxylation is 1. The predicted octanol–water partition coefficient (Wildman–Crippen LogP) is 3.54. The zero-order valence-corrected chi connectivity index (χ0v) is 16.1. The molecule has 0 bridgehead atoms. The number of pyridine rings is 1. The van der Waals surface area contributed by atoms with E-state index in [0.717, 1.165) is 16.9 Å². The monoisotopic (exact) mass is 374 g/mol. The molecule has 4 rings (SSSR count). The first-order chi connectivity index (χ1) is 13.5. The van der Waals surface area contributed by atoms with Crippen molar-refractivity contribution in [3.05, 3.63) is 76.3 Å². The minimum Gasteiger partial charge on any atom is -0.342 e. The second-order valence-corrected chi connectivity index (χ2v) is 7.31. The van der Waals surface area contributed by atoms with Crippen molar-refractivity contribution in [3.8, 4) is 0 Å². The molecule has 0 aliphatic carbocycles. The lowest BCUT2D eigenvalue weighted by atomic mass is 10.0. The summed E-state index contributed by atoms with van der Waals surface area (Å²) in [5, 5.41) is 3.81. The van der Waals surface area contributed by atoms with Gasteiger partial charge in [0.15, 0.2) is 0 Å². The normalized spacial score (nSPS) is 12.6. The van der Waals surface area contributed by atoms with Crippen molar-refractivity contribution in [2.75, 3.05) is 0 Å². The molecular weight excluding hydrogens is 352 g/mol. The van der Waals surface area contributed by atoms with Gasteiger partial charge in [0.25, 0.3) is 5.91 Å². The van der Waals surface area contributed by atoms with E-state index in [9.17, 15) is 9.59 Å². The highest BCUT2D eigenvalue weighted by atomic mass is 16.2. The number of amides is 1. The quantitative estimate of drug-likeness (QED) is 0.573. The fourth-order valence-corrected chi connectivity index (χ4v) is 3.58. The highest BCUT2D eigenvalue weighted by molar-refractivity contribution is 6.06. The lowest BCUT2D eigenvalue weighted by molar-refractivity contribution is 0.0924. The number of hydrogen-bond acceptors (Lipinski definition) is 3. The molecule has 142 valence electrons. The Morgan fingerprint density at radius 1 is 1.11 bits per heavy atom. The van der Waals surface area contributed by atoms with Crippen LogP contribution in [0.4, 0.5) is 0 Å². The van der Waals surface area contributed by atoms with E-state index in [2.05, 4.69) is 10.3 Å². The largest absolute Gasteiger partial charge is 0.342 e. The molecule has 0 fully saturated rings. The van der Waals surface area contributed by atoms with E-state index >= 15 is 0 Å². The third-order valence-corrected chi connectivity index (χ3v) is 5.05. The van der Waals surface area contributed by atoms with Gasteiger partial charge in [0.05, 0.1) is 22.6 Å². The van der Waals surface area contributed by atoms with Gasteiger partial charge in [0.2, 0.25) is 5.56 Å². The first-order valence-corrected chi connectivity index (χ1v) is 9.30. The van der Waals surface area contributed by atoms with Crippen LogP contribution in [-0.2, 0) is 7.05 Å². The smallest absolute Gasteiger partial charge is 0.252 e. The third kappa shape index (κ3) is 3.07. The molecule has 2 aromatic heterocycles. The second-order valence-electron chi connectivity index (χ2n) is 7.31. The van der Waals surface area contributed by atoms with Crippen LogP contribution in [0.1, 0.15) is 36.1 Å². The van der Waals surface area contributed by atoms with Gasteiger partial charge in [-0.25, -0.2) is 4.98 Å². The molecule has 6 nitrogen and oxygen atoms in total. The Morgan fingerprint density at radius 3 is 2.57 bits per heavy atom. The number of imidazole rings is 1. The van der Waals surface area contributed by atoms with Crippen LogP contribution in [0, 0.1) is 5.92 Å². The number of nitrogens with zero attached hydrogens (tertiary/aromatic N) is 2. The molecule has 2 N–H and O–H groups in total. The van der Waals surface area contributed by atoms with Crippen molar-refractivity contribution in [1.29, 1.82) is 0 Å². The van der Waals surface area contributed by atoms with E-state index in [0.29, 0.717) is 16.5 Å². The Bertz CT molecular complexity index is 1240. The van der Waals surface area contributed by atoms with Gasteiger partial charge in [-0.3, -0.25) is 9.59 Å². The molecule has 0 saturated heterocycles. The van der Waals surface area contributed by atoms with E-state index in [-0.39, 0.29) is 23.4 Å². The van der Waals surface area contributed by atoms with E-state index in [1.165, 1.54) is 6.07 Å². The molecule has 1 atom stereocenters. The molecule has 2 heterocycles. The minimum atomic E-state index is -0.298. The molecule has 0 spiro atoms. The van der Waals surface area contributed by atoms with Crippen LogP contribution in [0.2, 0.25) is 0 Å². The highest BCUT2D eigenvalue weighted by Gasteiger charge is 2.25.